The van der Waals surface area contributed by atoms with Gasteiger partial charge in [-0.1, -0.05) is 81.6 Å². The fourth-order valence-corrected chi connectivity index (χ4v) is 7.14. The van der Waals surface area contributed by atoms with Crippen LogP contribution in [0.3, 0.4) is 0 Å². The molecule has 0 saturated heterocycles. The highest BCUT2D eigenvalue weighted by molar-refractivity contribution is 5.99. The number of alkyl carbamates (subject to hydrolysis) is 1. The van der Waals surface area contributed by atoms with Gasteiger partial charge in [0.25, 0.3) is 0 Å². The monoisotopic (exact) mass is 764 g/mol. The first kappa shape index (κ1) is 41.8. The largest absolute Gasteiger partial charge is 0.481 e. The zero-order chi connectivity index (χ0) is 40.4. The van der Waals surface area contributed by atoms with Gasteiger partial charge in [0.15, 0.2) is 5.92 Å². The number of amides is 6. The van der Waals surface area contributed by atoms with Crippen molar-refractivity contribution in [2.75, 3.05) is 6.61 Å². The molecule has 0 aliphatic heterocycles. The molecule has 4 rings (SSSR count). The number of benzene rings is 2. The van der Waals surface area contributed by atoms with Crippen LogP contribution in [0.1, 0.15) is 82.3 Å². The normalized spacial score (nSPS) is 16.1. The molecule has 55 heavy (non-hydrogen) atoms. The smallest absolute Gasteiger partial charge is 0.407 e. The van der Waals surface area contributed by atoms with Gasteiger partial charge in [-0.2, -0.15) is 0 Å². The molecule has 2 aliphatic carbocycles. The van der Waals surface area contributed by atoms with E-state index < -0.39 is 90.0 Å². The lowest BCUT2D eigenvalue weighted by atomic mass is 9.80. The van der Waals surface area contributed by atoms with Crippen molar-refractivity contribution in [3.05, 3.63) is 59.7 Å². The van der Waals surface area contributed by atoms with Crippen LogP contribution in [0.15, 0.2) is 48.5 Å². The Morgan fingerprint density at radius 1 is 0.745 bits per heavy atom. The molecule has 296 valence electrons. The van der Waals surface area contributed by atoms with Gasteiger partial charge in [0, 0.05) is 12.3 Å². The third-order valence-electron chi connectivity index (χ3n) is 9.92. The summed E-state index contributed by atoms with van der Waals surface area (Å²) in [5, 5.41) is 29.2. The SMILES string of the molecule is CC(C)C[C@H](NC(=O)[C@H](CC(C(=O)O)C(=O)O)NC(=O)OCC1c2ccccc2-c2ccccc21)C(=O)NC1(C(=O)N[C@@H](CC(N)=O)C(N)=O)CCCCC1. The average Bonchev–Trinajstić information content (AvgIpc) is 3.44. The molecule has 6 amide bonds. The summed E-state index contributed by atoms with van der Waals surface area (Å²) >= 11 is 0. The van der Waals surface area contributed by atoms with Crippen LogP contribution in [0.4, 0.5) is 4.79 Å². The maximum absolute atomic E-state index is 14.0. The number of carbonyl (C=O) groups excluding carboxylic acids is 6. The number of nitrogens with one attached hydrogen (secondary N) is 4. The van der Waals surface area contributed by atoms with E-state index in [0.717, 1.165) is 28.7 Å². The van der Waals surface area contributed by atoms with Crippen LogP contribution >= 0.6 is 0 Å². The van der Waals surface area contributed by atoms with E-state index in [4.69, 9.17) is 16.2 Å². The van der Waals surface area contributed by atoms with Gasteiger partial charge in [-0.3, -0.25) is 33.6 Å². The van der Waals surface area contributed by atoms with Crippen molar-refractivity contribution in [3.63, 3.8) is 0 Å². The number of hydrogen-bond donors (Lipinski definition) is 8. The minimum atomic E-state index is -2.12. The summed E-state index contributed by atoms with van der Waals surface area (Å²) in [6.07, 6.45) is -0.484. The highest BCUT2D eigenvalue weighted by atomic mass is 16.5. The summed E-state index contributed by atoms with van der Waals surface area (Å²) < 4.78 is 5.54. The van der Waals surface area contributed by atoms with Crippen molar-refractivity contribution in [2.24, 2.45) is 23.3 Å². The Hall–Kier alpha value is -6.00. The summed E-state index contributed by atoms with van der Waals surface area (Å²) in [6.45, 7) is 3.36. The van der Waals surface area contributed by atoms with Crippen LogP contribution in [-0.2, 0) is 38.3 Å². The zero-order valence-corrected chi connectivity index (χ0v) is 30.7. The molecule has 1 saturated carbocycles. The third kappa shape index (κ3) is 10.6. The van der Waals surface area contributed by atoms with Crippen molar-refractivity contribution in [3.8, 4) is 11.1 Å². The number of fused-ring (bicyclic) bond motifs is 3. The Morgan fingerprint density at radius 3 is 1.80 bits per heavy atom. The molecule has 17 heteroatoms. The Bertz CT molecular complexity index is 1750. The molecule has 0 heterocycles. The molecule has 0 aromatic heterocycles. The molecular formula is C38H48N6O11. The van der Waals surface area contributed by atoms with Crippen LogP contribution in [-0.4, -0.2) is 88.1 Å². The fraction of sp³-hybridized carbons (Fsp3) is 0.474. The topological polar surface area (TPSA) is 286 Å². The molecule has 0 spiro atoms. The van der Waals surface area contributed by atoms with Crippen molar-refractivity contribution in [1.29, 1.82) is 0 Å². The third-order valence-corrected chi connectivity index (χ3v) is 9.92. The average molecular weight is 765 g/mol. The summed E-state index contributed by atoms with van der Waals surface area (Å²) in [5.74, 6) is -10.8. The van der Waals surface area contributed by atoms with E-state index in [1.54, 1.807) is 13.8 Å². The van der Waals surface area contributed by atoms with Crippen molar-refractivity contribution < 1.29 is 53.3 Å². The van der Waals surface area contributed by atoms with E-state index in [9.17, 15) is 48.6 Å². The molecule has 0 bridgehead atoms. The van der Waals surface area contributed by atoms with Gasteiger partial charge in [-0.15, -0.1) is 0 Å². The highest BCUT2D eigenvalue weighted by Crippen LogP contribution is 2.44. The maximum Gasteiger partial charge on any atom is 0.407 e. The van der Waals surface area contributed by atoms with E-state index in [0.29, 0.717) is 12.8 Å². The lowest BCUT2D eigenvalue weighted by Gasteiger charge is -2.38. The quantitative estimate of drug-likeness (QED) is 0.100. The van der Waals surface area contributed by atoms with Crippen LogP contribution in [0, 0.1) is 11.8 Å². The van der Waals surface area contributed by atoms with E-state index in [1.807, 2.05) is 48.5 Å². The van der Waals surface area contributed by atoms with Crippen LogP contribution in [0.2, 0.25) is 0 Å². The van der Waals surface area contributed by atoms with E-state index >= 15 is 0 Å². The summed E-state index contributed by atoms with van der Waals surface area (Å²) in [4.78, 5) is 102. The summed E-state index contributed by atoms with van der Waals surface area (Å²) in [7, 11) is 0. The molecule has 2 aromatic carbocycles. The zero-order valence-electron chi connectivity index (χ0n) is 30.7. The minimum absolute atomic E-state index is 0.0137. The first-order valence-corrected chi connectivity index (χ1v) is 18.1. The molecule has 1 fully saturated rings. The maximum atomic E-state index is 14.0. The van der Waals surface area contributed by atoms with Gasteiger partial charge >= 0.3 is 18.0 Å². The van der Waals surface area contributed by atoms with Gasteiger partial charge in [-0.05, 0) is 47.4 Å². The fourth-order valence-electron chi connectivity index (χ4n) is 7.14. The molecule has 3 atom stereocenters. The van der Waals surface area contributed by atoms with E-state index in [-0.39, 0.29) is 37.7 Å². The number of nitrogens with two attached hydrogens (primary N) is 2. The minimum Gasteiger partial charge on any atom is -0.481 e. The second-order valence-corrected chi connectivity index (χ2v) is 14.4. The molecule has 0 unspecified atom stereocenters. The first-order valence-electron chi connectivity index (χ1n) is 18.1. The molecule has 10 N–H and O–H groups in total. The second kappa shape index (κ2) is 18.4. The van der Waals surface area contributed by atoms with Crippen LogP contribution in [0.5, 0.6) is 0 Å². The van der Waals surface area contributed by atoms with E-state index in [1.165, 1.54) is 0 Å². The Balaban J connectivity index is 1.54. The van der Waals surface area contributed by atoms with Crippen LogP contribution in [0.25, 0.3) is 11.1 Å². The number of carboxylic acids is 2. The molecule has 2 aromatic rings. The number of primary amides is 2. The lowest BCUT2D eigenvalue weighted by molar-refractivity contribution is -0.155. The molecule has 2 aliphatic rings. The van der Waals surface area contributed by atoms with Crippen molar-refractivity contribution >= 4 is 47.6 Å². The summed E-state index contributed by atoms with van der Waals surface area (Å²) in [6, 6.07) is 10.6. The molecule has 0 radical (unpaired) electrons. The van der Waals surface area contributed by atoms with E-state index in [2.05, 4.69) is 21.3 Å². The van der Waals surface area contributed by atoms with Gasteiger partial charge in [0.2, 0.25) is 29.5 Å². The number of hydrogen-bond acceptors (Lipinski definition) is 9. The van der Waals surface area contributed by atoms with Gasteiger partial charge in [0.05, 0.1) is 6.42 Å². The van der Waals surface area contributed by atoms with Gasteiger partial charge in [0.1, 0.15) is 30.3 Å². The second-order valence-electron chi connectivity index (χ2n) is 14.4. The Kier molecular flexibility index (Phi) is 13.9. The number of ether oxygens (including phenoxy) is 1. The summed E-state index contributed by atoms with van der Waals surface area (Å²) in [5.41, 5.74) is 12.8. The van der Waals surface area contributed by atoms with Crippen molar-refractivity contribution in [1.82, 2.24) is 21.3 Å². The molecule has 17 nitrogen and oxygen atoms in total. The predicted octanol–water partition coefficient (Wildman–Crippen LogP) is 1.26. The standard InChI is InChI=1S/C38H48N6O11/c1-20(2)16-28(33(48)44-38(14-8-3-9-15-38)36(53)42-27(31(40)46)18-30(39)45)41-32(47)29(17-25(34(49)50)35(51)52)43-37(54)55-19-26-23-12-6-4-10-21(23)22-11-5-7-13-24(22)26/h4-7,10-13,20,25-29H,3,8-9,14-19H2,1-2H3,(H2,39,45)(H2,40,46)(H,41,47)(H,42,53)(H,43,54)(H,44,48)(H,49,50)(H,51,52)/t27-,28-,29-/m0/s1. The molecular weight excluding hydrogens is 716 g/mol. The Morgan fingerprint density at radius 2 is 1.29 bits per heavy atom. The van der Waals surface area contributed by atoms with Gasteiger partial charge in [-0.25, -0.2) is 4.79 Å². The highest BCUT2D eigenvalue weighted by Gasteiger charge is 2.44. The van der Waals surface area contributed by atoms with Crippen molar-refractivity contribution in [2.45, 2.75) is 94.8 Å². The first-order chi connectivity index (χ1) is 26.0. The number of carbonyl (C=O) groups is 8. The number of rotatable bonds is 18. The predicted molar refractivity (Wildman–Crippen MR) is 196 cm³/mol. The lowest BCUT2D eigenvalue weighted by Crippen LogP contribution is -2.65. The van der Waals surface area contributed by atoms with Gasteiger partial charge < -0.3 is 47.7 Å². The Labute approximate surface area is 317 Å². The number of aliphatic carboxylic acids is 2. The number of carboxylic acid groups (broad SMARTS) is 2. The van der Waals surface area contributed by atoms with Crippen LogP contribution < -0.4 is 32.7 Å².